The summed E-state index contributed by atoms with van der Waals surface area (Å²) in [6.07, 6.45) is 1.78. The first-order valence-electron chi connectivity index (χ1n) is 6.47. The molecule has 3 nitrogen and oxygen atoms in total. The molecule has 1 aromatic carbocycles. The molecule has 1 N–H and O–H groups in total. The fourth-order valence-corrected chi connectivity index (χ4v) is 3.12. The van der Waals surface area contributed by atoms with E-state index in [9.17, 15) is 0 Å². The van der Waals surface area contributed by atoms with E-state index in [0.717, 1.165) is 28.6 Å². The van der Waals surface area contributed by atoms with Crippen molar-refractivity contribution in [2.24, 2.45) is 0 Å². The maximum absolute atomic E-state index is 6.20. The molecule has 0 saturated carbocycles. The molecule has 0 aliphatic rings. The van der Waals surface area contributed by atoms with Gasteiger partial charge >= 0.3 is 0 Å². The lowest BCUT2D eigenvalue weighted by Crippen LogP contribution is -2.19. The van der Waals surface area contributed by atoms with Gasteiger partial charge in [-0.3, -0.25) is 0 Å². The van der Waals surface area contributed by atoms with Gasteiger partial charge in [-0.1, -0.05) is 41.0 Å². The van der Waals surface area contributed by atoms with E-state index in [1.165, 1.54) is 11.8 Å². The number of hydrogen-bond donors (Lipinski definition) is 1. The third kappa shape index (κ3) is 5.16. The first-order chi connectivity index (χ1) is 10.2. The summed E-state index contributed by atoms with van der Waals surface area (Å²) in [5, 5.41) is 5.58. The van der Waals surface area contributed by atoms with Crippen LogP contribution in [-0.2, 0) is 11.3 Å². The second kappa shape index (κ2) is 8.61. The number of nitrogens with zero attached hydrogens (tertiary/aromatic N) is 1. The van der Waals surface area contributed by atoms with Crippen molar-refractivity contribution in [1.82, 2.24) is 10.3 Å². The van der Waals surface area contributed by atoms with Crippen LogP contribution in [0.1, 0.15) is 5.56 Å². The summed E-state index contributed by atoms with van der Waals surface area (Å²) in [7, 11) is 1.69. The Morgan fingerprint density at radius 1 is 1.29 bits per heavy atom. The van der Waals surface area contributed by atoms with E-state index >= 15 is 0 Å². The molecule has 1 aromatic heterocycles. The Bertz CT molecular complexity index is 596. The number of nitrogens with one attached hydrogen (secondary N) is 1. The Hall–Kier alpha value is -0.780. The minimum absolute atomic E-state index is 0.664. The lowest BCUT2D eigenvalue weighted by atomic mass is 10.3. The summed E-state index contributed by atoms with van der Waals surface area (Å²) in [5.74, 6) is 0. The number of aromatic nitrogens is 1. The normalized spacial score (nSPS) is 10.8. The lowest BCUT2D eigenvalue weighted by Gasteiger charge is -2.10. The Kier molecular flexibility index (Phi) is 6.80. The molecule has 0 unspecified atom stereocenters. The van der Waals surface area contributed by atoms with Crippen molar-refractivity contribution in [1.29, 1.82) is 0 Å². The Balaban J connectivity index is 2.10. The Morgan fingerprint density at radius 3 is 2.95 bits per heavy atom. The minimum atomic E-state index is 0.664. The second-order valence-electron chi connectivity index (χ2n) is 4.31. The molecular weight excluding hydrogens is 327 g/mol. The SMILES string of the molecule is COCCNCc1cccnc1Sc1cc(Cl)ccc1Cl. The number of methoxy groups -OCH3 is 1. The average Bonchev–Trinajstić information content (AvgIpc) is 2.49. The second-order valence-corrected chi connectivity index (χ2v) is 6.19. The summed E-state index contributed by atoms with van der Waals surface area (Å²) in [5.41, 5.74) is 1.12. The largest absolute Gasteiger partial charge is 0.383 e. The quantitative estimate of drug-likeness (QED) is 0.761. The first kappa shape index (κ1) is 16.6. The standard InChI is InChI=1S/C15H16Cl2N2OS/c1-20-8-7-18-10-11-3-2-6-19-15(11)21-14-9-12(16)4-5-13(14)17/h2-6,9,18H,7-8,10H2,1H3. The van der Waals surface area contributed by atoms with Crippen LogP contribution >= 0.6 is 35.0 Å². The molecule has 0 radical (unpaired) electrons. The molecular formula is C15H16Cl2N2OS. The number of hydrogen-bond acceptors (Lipinski definition) is 4. The highest BCUT2D eigenvalue weighted by atomic mass is 35.5. The van der Waals surface area contributed by atoms with Gasteiger partial charge in [0.05, 0.1) is 11.6 Å². The number of pyridine rings is 1. The minimum Gasteiger partial charge on any atom is -0.383 e. The van der Waals surface area contributed by atoms with Crippen LogP contribution < -0.4 is 5.32 Å². The van der Waals surface area contributed by atoms with Crippen LogP contribution in [-0.4, -0.2) is 25.2 Å². The van der Waals surface area contributed by atoms with Crippen molar-refractivity contribution >= 4 is 35.0 Å². The highest BCUT2D eigenvalue weighted by molar-refractivity contribution is 7.99. The Morgan fingerprint density at radius 2 is 2.14 bits per heavy atom. The van der Waals surface area contributed by atoms with Gasteiger partial charge in [-0.2, -0.15) is 0 Å². The van der Waals surface area contributed by atoms with E-state index < -0.39 is 0 Å². The Labute approximate surface area is 139 Å². The molecule has 6 heteroatoms. The summed E-state index contributed by atoms with van der Waals surface area (Å²) < 4.78 is 5.02. The fraction of sp³-hybridized carbons (Fsp3) is 0.267. The molecule has 2 aromatic rings. The highest BCUT2D eigenvalue weighted by Crippen LogP contribution is 2.35. The molecule has 0 bridgehead atoms. The van der Waals surface area contributed by atoms with E-state index in [1.807, 2.05) is 18.2 Å². The summed E-state index contributed by atoms with van der Waals surface area (Å²) in [6.45, 7) is 2.22. The van der Waals surface area contributed by atoms with Crippen LogP contribution in [0.2, 0.25) is 10.0 Å². The van der Waals surface area contributed by atoms with Crippen molar-refractivity contribution in [3.8, 4) is 0 Å². The summed E-state index contributed by atoms with van der Waals surface area (Å²) in [4.78, 5) is 5.34. The van der Waals surface area contributed by atoms with Gasteiger partial charge in [0, 0.05) is 36.3 Å². The first-order valence-corrected chi connectivity index (χ1v) is 8.04. The molecule has 0 atom stereocenters. The number of rotatable bonds is 7. The topological polar surface area (TPSA) is 34.1 Å². The van der Waals surface area contributed by atoms with Crippen molar-refractivity contribution in [3.05, 3.63) is 52.1 Å². The molecule has 0 aliphatic heterocycles. The van der Waals surface area contributed by atoms with Crippen molar-refractivity contribution in [2.45, 2.75) is 16.5 Å². The number of ether oxygens (including phenoxy) is 1. The maximum Gasteiger partial charge on any atom is 0.105 e. The van der Waals surface area contributed by atoms with Gasteiger partial charge in [-0.25, -0.2) is 4.98 Å². The zero-order valence-corrected chi connectivity index (χ0v) is 13.9. The van der Waals surface area contributed by atoms with Gasteiger partial charge in [-0.05, 0) is 29.8 Å². The maximum atomic E-state index is 6.20. The molecule has 0 amide bonds. The predicted octanol–water partition coefficient (Wildman–Crippen LogP) is 4.28. The summed E-state index contributed by atoms with van der Waals surface area (Å²) >= 11 is 13.7. The molecule has 0 aliphatic carbocycles. The predicted molar refractivity (Wildman–Crippen MR) is 88.4 cm³/mol. The van der Waals surface area contributed by atoms with Gasteiger partial charge in [-0.15, -0.1) is 0 Å². The van der Waals surface area contributed by atoms with Gasteiger partial charge < -0.3 is 10.1 Å². The molecule has 21 heavy (non-hydrogen) atoms. The third-order valence-corrected chi connectivity index (χ3v) is 4.54. The van der Waals surface area contributed by atoms with Gasteiger partial charge in [0.15, 0.2) is 0 Å². The van der Waals surface area contributed by atoms with E-state index in [0.29, 0.717) is 16.7 Å². The van der Waals surface area contributed by atoms with E-state index in [2.05, 4.69) is 10.3 Å². The smallest absolute Gasteiger partial charge is 0.105 e. The third-order valence-electron chi connectivity index (χ3n) is 2.75. The van der Waals surface area contributed by atoms with Crippen molar-refractivity contribution in [3.63, 3.8) is 0 Å². The van der Waals surface area contributed by atoms with Gasteiger partial charge in [0.2, 0.25) is 0 Å². The van der Waals surface area contributed by atoms with Crippen molar-refractivity contribution in [2.75, 3.05) is 20.3 Å². The van der Waals surface area contributed by atoms with E-state index in [1.54, 1.807) is 25.4 Å². The highest BCUT2D eigenvalue weighted by Gasteiger charge is 2.09. The zero-order chi connectivity index (χ0) is 15.1. The lowest BCUT2D eigenvalue weighted by molar-refractivity contribution is 0.199. The van der Waals surface area contributed by atoms with Gasteiger partial charge in [0.25, 0.3) is 0 Å². The number of benzene rings is 1. The van der Waals surface area contributed by atoms with Crippen LogP contribution in [0.25, 0.3) is 0 Å². The fourth-order valence-electron chi connectivity index (χ4n) is 1.71. The van der Waals surface area contributed by atoms with Crippen LogP contribution in [0.3, 0.4) is 0 Å². The van der Waals surface area contributed by atoms with E-state index in [4.69, 9.17) is 27.9 Å². The molecule has 1 heterocycles. The number of halogens is 2. The van der Waals surface area contributed by atoms with E-state index in [-0.39, 0.29) is 0 Å². The van der Waals surface area contributed by atoms with Crippen LogP contribution in [0.4, 0.5) is 0 Å². The average molecular weight is 343 g/mol. The van der Waals surface area contributed by atoms with Crippen LogP contribution in [0.5, 0.6) is 0 Å². The molecule has 2 rings (SSSR count). The summed E-state index contributed by atoms with van der Waals surface area (Å²) in [6, 6.07) is 9.40. The molecule has 0 spiro atoms. The van der Waals surface area contributed by atoms with Gasteiger partial charge in [0.1, 0.15) is 5.03 Å². The zero-order valence-electron chi connectivity index (χ0n) is 11.6. The molecule has 112 valence electrons. The van der Waals surface area contributed by atoms with Crippen molar-refractivity contribution < 1.29 is 4.74 Å². The molecule has 0 saturated heterocycles. The van der Waals surface area contributed by atoms with Crippen LogP contribution in [0.15, 0.2) is 46.5 Å². The molecule has 0 fully saturated rings. The monoisotopic (exact) mass is 342 g/mol. The van der Waals surface area contributed by atoms with Crippen LogP contribution in [0, 0.1) is 0 Å².